The highest BCUT2D eigenvalue weighted by molar-refractivity contribution is 5.66. The van der Waals surface area contributed by atoms with Crippen LogP contribution in [0.5, 0.6) is 0 Å². The van der Waals surface area contributed by atoms with E-state index < -0.39 is 0 Å². The molecule has 124 valence electrons. The molecule has 1 unspecified atom stereocenters. The van der Waals surface area contributed by atoms with Crippen LogP contribution >= 0.6 is 0 Å². The highest BCUT2D eigenvalue weighted by Gasteiger charge is 2.41. The molecule has 0 amide bonds. The molecule has 2 heteroatoms. The normalized spacial score (nSPS) is 28.0. The van der Waals surface area contributed by atoms with E-state index in [1.165, 1.54) is 43.2 Å². The minimum atomic E-state index is -0.200. The quantitative estimate of drug-likeness (QED) is 0.755. The summed E-state index contributed by atoms with van der Waals surface area (Å²) >= 11 is 0. The first-order valence-electron chi connectivity index (χ1n) is 9.28. The van der Waals surface area contributed by atoms with Gasteiger partial charge in [-0.15, -0.1) is 0 Å². The van der Waals surface area contributed by atoms with E-state index in [2.05, 4.69) is 37.3 Å². The van der Waals surface area contributed by atoms with Crippen LogP contribution in [0.4, 0.5) is 0 Å². The number of rotatable bonds is 2. The molecule has 1 atom stereocenters. The number of hydrogen-bond donors (Lipinski definition) is 0. The summed E-state index contributed by atoms with van der Waals surface area (Å²) in [5.41, 5.74) is 4.32. The van der Waals surface area contributed by atoms with E-state index in [0.717, 1.165) is 37.9 Å². The van der Waals surface area contributed by atoms with E-state index in [1.54, 1.807) is 5.57 Å². The average Bonchev–Trinajstić information content (AvgIpc) is 3.05. The van der Waals surface area contributed by atoms with Crippen molar-refractivity contribution in [2.75, 3.05) is 13.2 Å². The Morgan fingerprint density at radius 2 is 1.61 bits per heavy atom. The Morgan fingerprint density at radius 3 is 2.22 bits per heavy atom. The van der Waals surface area contributed by atoms with Gasteiger partial charge in [-0.2, -0.15) is 0 Å². The van der Waals surface area contributed by atoms with Gasteiger partial charge in [-0.1, -0.05) is 35.9 Å². The first kappa shape index (κ1) is 15.4. The van der Waals surface area contributed by atoms with E-state index >= 15 is 0 Å². The van der Waals surface area contributed by atoms with Crippen LogP contribution in [0.15, 0.2) is 30.3 Å². The van der Waals surface area contributed by atoms with Crippen LogP contribution < -0.4 is 0 Å². The maximum absolute atomic E-state index is 5.87. The molecular formula is C21H28O2. The molecule has 1 aliphatic heterocycles. The largest absolute Gasteiger partial charge is 0.348 e. The third-order valence-corrected chi connectivity index (χ3v) is 6.15. The maximum atomic E-state index is 5.87. The summed E-state index contributed by atoms with van der Waals surface area (Å²) in [5, 5.41) is 0. The van der Waals surface area contributed by atoms with E-state index in [9.17, 15) is 0 Å². The molecule has 2 aliphatic carbocycles. The van der Waals surface area contributed by atoms with Crippen molar-refractivity contribution < 1.29 is 9.47 Å². The predicted octanol–water partition coefficient (Wildman–Crippen LogP) is 5.11. The lowest BCUT2D eigenvalue weighted by molar-refractivity contribution is -0.184. The number of hydrogen-bond acceptors (Lipinski definition) is 2. The Bertz CT molecular complexity index is 556. The van der Waals surface area contributed by atoms with Crippen LogP contribution in [0.3, 0.4) is 0 Å². The fourth-order valence-corrected chi connectivity index (χ4v) is 4.65. The monoisotopic (exact) mass is 312 g/mol. The lowest BCUT2D eigenvalue weighted by Crippen LogP contribution is -2.37. The summed E-state index contributed by atoms with van der Waals surface area (Å²) in [6.45, 7) is 3.73. The number of allylic oxidation sites excluding steroid dienone is 2. The number of aryl methyl sites for hydroxylation is 1. The van der Waals surface area contributed by atoms with Gasteiger partial charge in [-0.25, -0.2) is 0 Å². The van der Waals surface area contributed by atoms with Gasteiger partial charge in [0.05, 0.1) is 13.2 Å². The van der Waals surface area contributed by atoms with Crippen LogP contribution in [0.2, 0.25) is 0 Å². The minimum absolute atomic E-state index is 0.200. The summed E-state index contributed by atoms with van der Waals surface area (Å²) in [5.74, 6) is 1.53. The van der Waals surface area contributed by atoms with Crippen molar-refractivity contribution in [1.29, 1.82) is 0 Å². The molecule has 0 bridgehead atoms. The first-order valence-corrected chi connectivity index (χ1v) is 9.28. The molecule has 0 aromatic heterocycles. The molecule has 1 saturated carbocycles. The van der Waals surface area contributed by atoms with E-state index in [0.29, 0.717) is 0 Å². The summed E-state index contributed by atoms with van der Waals surface area (Å²) in [6.07, 6.45) is 11.1. The Morgan fingerprint density at radius 1 is 0.913 bits per heavy atom. The molecule has 0 N–H and O–H groups in total. The van der Waals surface area contributed by atoms with Crippen molar-refractivity contribution in [1.82, 2.24) is 0 Å². The van der Waals surface area contributed by atoms with Crippen molar-refractivity contribution >= 4 is 5.57 Å². The first-order chi connectivity index (χ1) is 11.2. The van der Waals surface area contributed by atoms with Crippen LogP contribution in [-0.2, 0) is 9.47 Å². The molecule has 4 rings (SSSR count). The fourth-order valence-electron chi connectivity index (χ4n) is 4.65. The predicted molar refractivity (Wildman–Crippen MR) is 93.1 cm³/mol. The van der Waals surface area contributed by atoms with Gasteiger partial charge in [0, 0.05) is 12.8 Å². The molecular weight excluding hydrogens is 284 g/mol. The Labute approximate surface area is 139 Å². The van der Waals surface area contributed by atoms with Gasteiger partial charge in [0.25, 0.3) is 0 Å². The minimum Gasteiger partial charge on any atom is -0.348 e. The van der Waals surface area contributed by atoms with Gasteiger partial charge in [-0.3, -0.25) is 0 Å². The third kappa shape index (κ3) is 3.25. The average molecular weight is 312 g/mol. The van der Waals surface area contributed by atoms with Gasteiger partial charge in [-0.05, 0) is 62.0 Å². The summed E-state index contributed by atoms with van der Waals surface area (Å²) < 4.78 is 11.7. The molecule has 1 saturated heterocycles. The number of benzene rings is 1. The summed E-state index contributed by atoms with van der Waals surface area (Å²) in [7, 11) is 0. The van der Waals surface area contributed by atoms with Gasteiger partial charge in [0.2, 0.25) is 0 Å². The Kier molecular flexibility index (Phi) is 4.29. The van der Waals surface area contributed by atoms with Gasteiger partial charge in [0.15, 0.2) is 5.79 Å². The zero-order valence-corrected chi connectivity index (χ0v) is 14.2. The van der Waals surface area contributed by atoms with Crippen LogP contribution in [-0.4, -0.2) is 19.0 Å². The van der Waals surface area contributed by atoms with Gasteiger partial charge in [0.1, 0.15) is 0 Å². The van der Waals surface area contributed by atoms with Crippen LogP contribution in [0, 0.1) is 18.8 Å². The molecule has 1 aromatic rings. The van der Waals surface area contributed by atoms with E-state index in [1.807, 2.05) is 0 Å². The maximum Gasteiger partial charge on any atom is 0.168 e. The van der Waals surface area contributed by atoms with Crippen LogP contribution in [0.25, 0.3) is 5.57 Å². The van der Waals surface area contributed by atoms with Gasteiger partial charge >= 0.3 is 0 Å². The Hall–Kier alpha value is -1.12. The van der Waals surface area contributed by atoms with Gasteiger partial charge < -0.3 is 9.47 Å². The molecule has 3 aliphatic rings. The highest BCUT2D eigenvalue weighted by atomic mass is 16.7. The van der Waals surface area contributed by atoms with Crippen LogP contribution in [0.1, 0.15) is 56.1 Å². The zero-order chi connectivity index (χ0) is 15.7. The molecule has 2 fully saturated rings. The molecule has 1 heterocycles. The standard InChI is InChI=1S/C21H28O2/c1-16-2-4-17(5-3-16)18-6-8-19(9-7-18)20-10-12-21(13-11-20)22-14-15-23-21/h2-6,19-20H,7-15H2,1H3. The van der Waals surface area contributed by atoms with Crippen molar-refractivity contribution in [3.05, 3.63) is 41.5 Å². The second-order valence-electron chi connectivity index (χ2n) is 7.57. The Balaban J connectivity index is 1.35. The third-order valence-electron chi connectivity index (χ3n) is 6.15. The van der Waals surface area contributed by atoms with Crippen molar-refractivity contribution in [2.24, 2.45) is 11.8 Å². The smallest absolute Gasteiger partial charge is 0.168 e. The molecule has 1 aromatic carbocycles. The lowest BCUT2D eigenvalue weighted by Gasteiger charge is -2.39. The van der Waals surface area contributed by atoms with Crippen molar-refractivity contribution in [2.45, 2.75) is 57.7 Å². The zero-order valence-electron chi connectivity index (χ0n) is 14.2. The van der Waals surface area contributed by atoms with E-state index in [-0.39, 0.29) is 5.79 Å². The van der Waals surface area contributed by atoms with Crippen molar-refractivity contribution in [3.63, 3.8) is 0 Å². The topological polar surface area (TPSA) is 18.5 Å². The molecule has 2 nitrogen and oxygen atoms in total. The summed E-state index contributed by atoms with van der Waals surface area (Å²) in [4.78, 5) is 0. The number of ether oxygens (including phenoxy) is 2. The second kappa shape index (κ2) is 6.41. The summed E-state index contributed by atoms with van der Waals surface area (Å²) in [6, 6.07) is 9.01. The van der Waals surface area contributed by atoms with E-state index in [4.69, 9.17) is 9.47 Å². The fraction of sp³-hybridized carbons (Fsp3) is 0.619. The molecule has 23 heavy (non-hydrogen) atoms. The highest BCUT2D eigenvalue weighted by Crippen LogP contribution is 2.44. The van der Waals surface area contributed by atoms with Crippen molar-refractivity contribution in [3.8, 4) is 0 Å². The second-order valence-corrected chi connectivity index (χ2v) is 7.57. The molecule has 1 spiro atoms. The lowest BCUT2D eigenvalue weighted by atomic mass is 9.72. The SMILES string of the molecule is Cc1ccc(C2=CCC(C3CCC4(CC3)OCCO4)CC2)cc1. The molecule has 0 radical (unpaired) electrons.